The van der Waals surface area contributed by atoms with Crippen LogP contribution in [0.5, 0.6) is 0 Å². The Balaban J connectivity index is 0.00000220. The quantitative estimate of drug-likeness (QED) is 0.641. The molecule has 0 unspecified atom stereocenters. The molecule has 1 fully saturated rings. The van der Waals surface area contributed by atoms with Crippen molar-refractivity contribution >= 4 is 46.0 Å². The van der Waals surface area contributed by atoms with Gasteiger partial charge in [0.2, 0.25) is 0 Å². The Hall–Kier alpha value is -1.09. The summed E-state index contributed by atoms with van der Waals surface area (Å²) in [5.74, 6) is 0. The summed E-state index contributed by atoms with van der Waals surface area (Å²) < 4.78 is 23.7. The highest BCUT2D eigenvalue weighted by Gasteiger charge is 2.24. The van der Waals surface area contributed by atoms with Crippen molar-refractivity contribution in [2.24, 2.45) is 0 Å². The predicted molar refractivity (Wildman–Crippen MR) is 90.4 cm³/mol. The molecule has 0 bridgehead atoms. The van der Waals surface area contributed by atoms with Crippen molar-refractivity contribution in [3.05, 3.63) is 28.3 Å². The van der Waals surface area contributed by atoms with Gasteiger partial charge in [0.25, 0.3) is 5.69 Å². The molecule has 1 aromatic rings. The zero-order valence-corrected chi connectivity index (χ0v) is 14.6. The Kier molecular flexibility index (Phi) is 7.56. The molecule has 0 spiro atoms. The van der Waals surface area contributed by atoms with Crippen molar-refractivity contribution in [2.75, 3.05) is 30.8 Å². The maximum Gasteiger partial charge on any atom is 0.271 e. The highest BCUT2D eigenvalue weighted by atomic mass is 35.5. The Bertz CT molecular complexity index is 639. The van der Waals surface area contributed by atoms with Crippen molar-refractivity contribution < 1.29 is 13.3 Å². The Morgan fingerprint density at radius 2 is 2.00 bits per heavy atom. The van der Waals surface area contributed by atoms with Crippen LogP contribution in [0.2, 0.25) is 0 Å². The van der Waals surface area contributed by atoms with Gasteiger partial charge in [-0.15, -0.1) is 24.8 Å². The van der Waals surface area contributed by atoms with Gasteiger partial charge in [-0.3, -0.25) is 10.1 Å². The molecule has 0 aliphatic carbocycles. The lowest BCUT2D eigenvalue weighted by Gasteiger charge is -2.34. The maximum absolute atomic E-state index is 11.8. The van der Waals surface area contributed by atoms with Crippen molar-refractivity contribution in [3.63, 3.8) is 0 Å². The van der Waals surface area contributed by atoms with Gasteiger partial charge < -0.3 is 10.2 Å². The number of sulfone groups is 1. The lowest BCUT2D eigenvalue weighted by Crippen LogP contribution is -2.49. The van der Waals surface area contributed by atoms with Crippen molar-refractivity contribution in [1.29, 1.82) is 0 Å². The molecule has 1 saturated heterocycles. The number of nitrogens with zero attached hydrogens (tertiary/aromatic N) is 2. The summed E-state index contributed by atoms with van der Waals surface area (Å²) in [7, 11) is -3.43. The topological polar surface area (TPSA) is 92.5 Å². The van der Waals surface area contributed by atoms with Gasteiger partial charge in [-0.1, -0.05) is 0 Å². The fourth-order valence-electron chi connectivity index (χ4n) is 2.33. The third kappa shape index (κ3) is 4.70. The molecule has 1 heterocycles. The van der Waals surface area contributed by atoms with E-state index in [-0.39, 0.29) is 41.4 Å². The smallest absolute Gasteiger partial charge is 0.271 e. The number of nitro benzene ring substituents is 1. The van der Waals surface area contributed by atoms with Gasteiger partial charge in [0.15, 0.2) is 9.84 Å². The summed E-state index contributed by atoms with van der Waals surface area (Å²) >= 11 is 0. The highest BCUT2D eigenvalue weighted by Crippen LogP contribution is 2.30. The van der Waals surface area contributed by atoms with Crippen LogP contribution in [0.15, 0.2) is 23.1 Å². The predicted octanol–water partition coefficient (Wildman–Crippen LogP) is 1.64. The minimum atomic E-state index is -3.43. The van der Waals surface area contributed by atoms with Crippen LogP contribution in [0.25, 0.3) is 0 Å². The Morgan fingerprint density at radius 3 is 2.50 bits per heavy atom. The molecule has 0 saturated carbocycles. The number of halogens is 2. The summed E-state index contributed by atoms with van der Waals surface area (Å²) in [5, 5.41) is 14.1. The van der Waals surface area contributed by atoms with Crippen LogP contribution in [-0.4, -0.2) is 45.3 Å². The second-order valence-electron chi connectivity index (χ2n) is 4.98. The monoisotopic (exact) mass is 371 g/mol. The molecule has 0 aromatic heterocycles. The van der Waals surface area contributed by atoms with Crippen LogP contribution in [0.1, 0.15) is 6.92 Å². The van der Waals surface area contributed by atoms with E-state index in [1.165, 1.54) is 18.2 Å². The fourth-order valence-corrected chi connectivity index (χ4v) is 3.21. The third-order valence-corrected chi connectivity index (χ3v) is 4.41. The van der Waals surface area contributed by atoms with Crippen molar-refractivity contribution in [2.45, 2.75) is 17.9 Å². The second-order valence-corrected chi connectivity index (χ2v) is 6.97. The van der Waals surface area contributed by atoms with E-state index in [2.05, 4.69) is 5.32 Å². The van der Waals surface area contributed by atoms with Gasteiger partial charge in [-0.2, -0.15) is 0 Å². The van der Waals surface area contributed by atoms with E-state index < -0.39 is 14.8 Å². The summed E-state index contributed by atoms with van der Waals surface area (Å²) in [6, 6.07) is 4.09. The molecule has 1 atom stereocenters. The molecule has 1 aliphatic rings. The first-order chi connectivity index (χ1) is 9.29. The van der Waals surface area contributed by atoms with Crippen LogP contribution in [0.3, 0.4) is 0 Å². The number of nitro groups is 1. The molecule has 2 rings (SSSR count). The van der Waals surface area contributed by atoms with E-state index in [4.69, 9.17) is 0 Å². The van der Waals surface area contributed by atoms with Crippen LogP contribution in [0, 0.1) is 10.1 Å². The molecule has 1 N–H and O–H groups in total. The maximum atomic E-state index is 11.8. The Labute approximate surface area is 142 Å². The van der Waals surface area contributed by atoms with Crippen LogP contribution < -0.4 is 10.2 Å². The van der Waals surface area contributed by atoms with Crippen molar-refractivity contribution in [1.82, 2.24) is 5.32 Å². The first kappa shape index (κ1) is 20.9. The lowest BCUT2D eigenvalue weighted by molar-refractivity contribution is -0.384. The van der Waals surface area contributed by atoms with Gasteiger partial charge in [-0.25, -0.2) is 8.42 Å². The molecule has 22 heavy (non-hydrogen) atoms. The first-order valence-electron chi connectivity index (χ1n) is 6.26. The van der Waals surface area contributed by atoms with E-state index in [1.807, 2.05) is 11.8 Å². The summed E-state index contributed by atoms with van der Waals surface area (Å²) in [4.78, 5) is 12.4. The molecule has 0 radical (unpaired) electrons. The zero-order chi connectivity index (χ0) is 14.9. The number of hydrogen-bond acceptors (Lipinski definition) is 6. The number of piperazine rings is 1. The highest BCUT2D eigenvalue weighted by molar-refractivity contribution is 7.90. The molecule has 10 heteroatoms. The van der Waals surface area contributed by atoms with E-state index in [0.29, 0.717) is 25.3 Å². The number of hydrogen-bond donors (Lipinski definition) is 1. The number of benzene rings is 1. The van der Waals surface area contributed by atoms with E-state index >= 15 is 0 Å². The molecule has 1 aromatic carbocycles. The number of non-ortho nitro benzene ring substituents is 1. The van der Waals surface area contributed by atoms with E-state index in [9.17, 15) is 18.5 Å². The third-order valence-electron chi connectivity index (χ3n) is 3.26. The minimum absolute atomic E-state index is 0. The normalized spacial score (nSPS) is 18.1. The average molecular weight is 372 g/mol. The number of rotatable bonds is 3. The molecule has 1 aliphatic heterocycles. The van der Waals surface area contributed by atoms with Crippen LogP contribution in [-0.2, 0) is 9.84 Å². The number of nitrogens with one attached hydrogen (secondary N) is 1. The van der Waals surface area contributed by atoms with Gasteiger partial charge in [0.1, 0.15) is 0 Å². The van der Waals surface area contributed by atoms with Gasteiger partial charge in [0.05, 0.1) is 15.5 Å². The van der Waals surface area contributed by atoms with E-state index in [0.717, 1.165) is 6.26 Å². The number of anilines is 1. The molecule has 0 amide bonds. The van der Waals surface area contributed by atoms with Crippen LogP contribution >= 0.6 is 24.8 Å². The first-order valence-corrected chi connectivity index (χ1v) is 8.15. The van der Waals surface area contributed by atoms with Gasteiger partial charge in [-0.05, 0) is 13.0 Å². The summed E-state index contributed by atoms with van der Waals surface area (Å²) in [5.41, 5.74) is 0.314. The summed E-state index contributed by atoms with van der Waals surface area (Å²) in [6.07, 6.45) is 1.11. The SMILES string of the molecule is C[C@@H]1CN(c2cc([N+](=O)[O-])ccc2S(C)(=O)=O)CCN1.Cl.Cl. The largest absolute Gasteiger partial charge is 0.367 e. The Morgan fingerprint density at radius 1 is 1.36 bits per heavy atom. The standard InChI is InChI=1S/C12H17N3O4S.2ClH/c1-9-8-14(6-5-13-9)11-7-10(15(16)17)3-4-12(11)20(2,18)19;;/h3-4,7,9,13H,5-6,8H2,1-2H3;2*1H/t9-;;/m1../s1. The average Bonchev–Trinajstić information content (AvgIpc) is 2.37. The lowest BCUT2D eigenvalue weighted by atomic mass is 10.2. The van der Waals surface area contributed by atoms with Crippen LogP contribution in [0.4, 0.5) is 11.4 Å². The van der Waals surface area contributed by atoms with Gasteiger partial charge >= 0.3 is 0 Å². The van der Waals surface area contributed by atoms with E-state index in [1.54, 1.807) is 0 Å². The molecular weight excluding hydrogens is 353 g/mol. The second kappa shape index (κ2) is 7.96. The van der Waals surface area contributed by atoms with Crippen molar-refractivity contribution in [3.8, 4) is 0 Å². The molecule has 7 nitrogen and oxygen atoms in total. The summed E-state index contributed by atoms with van der Waals surface area (Å²) in [6.45, 7) is 3.94. The van der Waals surface area contributed by atoms with Gasteiger partial charge in [0, 0.05) is 44.1 Å². The molecular formula is C12H19Cl2N3O4S. The molecule has 126 valence electrons. The zero-order valence-electron chi connectivity index (χ0n) is 12.2. The fraction of sp³-hybridized carbons (Fsp3) is 0.500. The minimum Gasteiger partial charge on any atom is -0.367 e.